The van der Waals surface area contributed by atoms with Gasteiger partial charge in [0.25, 0.3) is 0 Å². The van der Waals surface area contributed by atoms with Crippen LogP contribution in [0.15, 0.2) is 4.99 Å². The second kappa shape index (κ2) is 3.56. The lowest BCUT2D eigenvalue weighted by Crippen LogP contribution is -2.34. The van der Waals surface area contributed by atoms with Gasteiger partial charge in [0.1, 0.15) is 0 Å². The second-order valence-electron chi connectivity index (χ2n) is 2.79. The number of hydrogen-bond donors (Lipinski definition) is 2. The van der Waals surface area contributed by atoms with Crippen molar-refractivity contribution in [1.29, 1.82) is 0 Å². The summed E-state index contributed by atoms with van der Waals surface area (Å²) >= 11 is 0. The third-order valence-electron chi connectivity index (χ3n) is 1.50. The molecule has 0 spiro atoms. The lowest BCUT2D eigenvalue weighted by Gasteiger charge is -2.07. The Kier molecular flexibility index (Phi) is 2.68. The zero-order valence-electron chi connectivity index (χ0n) is 6.43. The van der Waals surface area contributed by atoms with E-state index in [2.05, 4.69) is 10.3 Å². The van der Waals surface area contributed by atoms with Gasteiger partial charge in [0.15, 0.2) is 0 Å². The van der Waals surface area contributed by atoms with Gasteiger partial charge in [-0.1, -0.05) is 0 Å². The summed E-state index contributed by atoms with van der Waals surface area (Å²) in [6.45, 7) is 3.82. The van der Waals surface area contributed by atoms with Crippen LogP contribution < -0.4 is 11.1 Å². The number of hydrogen-bond acceptors (Lipinski definition) is 3. The summed E-state index contributed by atoms with van der Waals surface area (Å²) < 4.78 is 0. The molecule has 58 valence electrons. The zero-order valence-corrected chi connectivity index (χ0v) is 6.43. The van der Waals surface area contributed by atoms with Gasteiger partial charge in [-0.15, -0.1) is 0 Å². The first-order chi connectivity index (χ1) is 4.79. The molecule has 1 rings (SSSR count). The molecule has 1 atom stereocenters. The average molecular weight is 141 g/mol. The number of aliphatic imine (C=N–C) groups is 1. The minimum Gasteiger partial charge on any atom is -0.372 e. The van der Waals surface area contributed by atoms with E-state index in [1.54, 1.807) is 0 Å². The molecule has 10 heavy (non-hydrogen) atoms. The van der Waals surface area contributed by atoms with Crippen molar-refractivity contribution < 1.29 is 0 Å². The van der Waals surface area contributed by atoms with Crippen molar-refractivity contribution in [3.63, 3.8) is 0 Å². The monoisotopic (exact) mass is 141 g/mol. The highest BCUT2D eigenvalue weighted by molar-refractivity contribution is 5.83. The fourth-order valence-corrected chi connectivity index (χ4v) is 0.963. The highest BCUT2D eigenvalue weighted by Crippen LogP contribution is 2.00. The maximum absolute atomic E-state index is 5.55. The molecule has 1 aliphatic heterocycles. The molecule has 3 nitrogen and oxygen atoms in total. The molecule has 3 N–H and O–H groups in total. The summed E-state index contributed by atoms with van der Waals surface area (Å²) in [6.07, 6.45) is 2.30. The van der Waals surface area contributed by atoms with Gasteiger partial charge < -0.3 is 11.1 Å². The first-order valence-electron chi connectivity index (χ1n) is 3.82. The smallest absolute Gasteiger partial charge is 0.0964 e. The van der Waals surface area contributed by atoms with Crippen LogP contribution >= 0.6 is 0 Å². The number of nitrogens with one attached hydrogen (secondary N) is 1. The molecule has 0 aromatic heterocycles. The third kappa shape index (κ3) is 2.35. The van der Waals surface area contributed by atoms with E-state index in [1.165, 1.54) is 6.42 Å². The molecule has 0 aliphatic carbocycles. The second-order valence-corrected chi connectivity index (χ2v) is 2.79. The molecule has 1 heterocycles. The summed E-state index contributed by atoms with van der Waals surface area (Å²) in [5.74, 6) is 1.14. The third-order valence-corrected chi connectivity index (χ3v) is 1.50. The van der Waals surface area contributed by atoms with Crippen LogP contribution in [-0.4, -0.2) is 25.0 Å². The van der Waals surface area contributed by atoms with E-state index in [-0.39, 0.29) is 6.04 Å². The molecule has 0 saturated carbocycles. The molecule has 0 amide bonds. The van der Waals surface area contributed by atoms with Crippen LogP contribution in [0.25, 0.3) is 0 Å². The van der Waals surface area contributed by atoms with Gasteiger partial charge in [0, 0.05) is 25.6 Å². The molecule has 0 fully saturated rings. The molecule has 0 radical (unpaired) electrons. The predicted molar refractivity (Wildman–Crippen MR) is 43.2 cm³/mol. The number of nitrogens with zero attached hydrogens (tertiary/aromatic N) is 1. The van der Waals surface area contributed by atoms with Gasteiger partial charge in [-0.25, -0.2) is 0 Å². The minimum absolute atomic E-state index is 0.225. The van der Waals surface area contributed by atoms with Gasteiger partial charge in [-0.05, 0) is 13.3 Å². The summed E-state index contributed by atoms with van der Waals surface area (Å²) in [6, 6.07) is 0.225. The molecule has 1 unspecified atom stereocenters. The average Bonchev–Trinajstić information content (AvgIpc) is 2.34. The summed E-state index contributed by atoms with van der Waals surface area (Å²) in [5.41, 5.74) is 5.55. The molecular formula is C7H15N3. The molecule has 0 aromatic rings. The van der Waals surface area contributed by atoms with Crippen molar-refractivity contribution in [2.24, 2.45) is 10.7 Å². The van der Waals surface area contributed by atoms with Crippen molar-refractivity contribution in [2.45, 2.75) is 25.8 Å². The highest BCUT2D eigenvalue weighted by Gasteiger charge is 2.04. The fourth-order valence-electron chi connectivity index (χ4n) is 0.963. The first kappa shape index (κ1) is 7.54. The van der Waals surface area contributed by atoms with Crippen molar-refractivity contribution in [2.75, 3.05) is 13.1 Å². The molecule has 0 bridgehead atoms. The molecule has 0 saturated heterocycles. The summed E-state index contributed by atoms with van der Waals surface area (Å²) in [4.78, 5) is 4.26. The van der Waals surface area contributed by atoms with Crippen molar-refractivity contribution in [3.8, 4) is 0 Å². The van der Waals surface area contributed by atoms with Crippen LogP contribution in [0.4, 0.5) is 0 Å². The largest absolute Gasteiger partial charge is 0.372 e. The van der Waals surface area contributed by atoms with Crippen molar-refractivity contribution >= 4 is 5.84 Å². The van der Waals surface area contributed by atoms with Crippen LogP contribution in [0, 0.1) is 0 Å². The van der Waals surface area contributed by atoms with E-state index in [0.29, 0.717) is 0 Å². The van der Waals surface area contributed by atoms with Gasteiger partial charge in [-0.2, -0.15) is 0 Å². The Morgan fingerprint density at radius 3 is 3.10 bits per heavy atom. The van der Waals surface area contributed by atoms with Gasteiger partial charge in [0.05, 0.1) is 5.84 Å². The van der Waals surface area contributed by atoms with Crippen LogP contribution in [-0.2, 0) is 0 Å². The van der Waals surface area contributed by atoms with Gasteiger partial charge in [-0.3, -0.25) is 4.99 Å². The quantitative estimate of drug-likeness (QED) is 0.573. The maximum Gasteiger partial charge on any atom is 0.0964 e. The van der Waals surface area contributed by atoms with Gasteiger partial charge >= 0.3 is 0 Å². The molecule has 3 heteroatoms. The zero-order chi connectivity index (χ0) is 7.40. The highest BCUT2D eigenvalue weighted by atomic mass is 15.0. The van der Waals surface area contributed by atoms with Gasteiger partial charge in [0.2, 0.25) is 0 Å². The Balaban J connectivity index is 2.13. The van der Waals surface area contributed by atoms with E-state index in [0.717, 1.165) is 25.3 Å². The van der Waals surface area contributed by atoms with Crippen LogP contribution in [0.2, 0.25) is 0 Å². The maximum atomic E-state index is 5.55. The Bertz CT molecular complexity index is 129. The Labute approximate surface area is 61.7 Å². The summed E-state index contributed by atoms with van der Waals surface area (Å²) in [5, 5.41) is 3.21. The number of rotatable bonds is 2. The molecule has 0 aromatic carbocycles. The summed E-state index contributed by atoms with van der Waals surface area (Å²) in [7, 11) is 0. The standard InChI is InChI=1S/C7H15N3/c1-6(8)5-10-7-3-2-4-9-7/h6H,2-5,8H2,1H3,(H,9,10). The van der Waals surface area contributed by atoms with Crippen LogP contribution in [0.5, 0.6) is 0 Å². The van der Waals surface area contributed by atoms with E-state index in [9.17, 15) is 0 Å². The predicted octanol–water partition coefficient (Wildman–Crippen LogP) is 0.115. The Hall–Kier alpha value is -0.570. The lowest BCUT2D eigenvalue weighted by molar-refractivity contribution is 0.700. The SMILES string of the molecule is CC(N)CNC1=NCCC1. The Morgan fingerprint density at radius 2 is 2.60 bits per heavy atom. The number of nitrogens with two attached hydrogens (primary N) is 1. The molecular weight excluding hydrogens is 126 g/mol. The van der Waals surface area contributed by atoms with E-state index < -0.39 is 0 Å². The van der Waals surface area contributed by atoms with Crippen molar-refractivity contribution in [1.82, 2.24) is 5.32 Å². The van der Waals surface area contributed by atoms with Crippen LogP contribution in [0.3, 0.4) is 0 Å². The number of amidine groups is 1. The fraction of sp³-hybridized carbons (Fsp3) is 0.857. The first-order valence-corrected chi connectivity index (χ1v) is 3.82. The van der Waals surface area contributed by atoms with E-state index in [4.69, 9.17) is 5.73 Å². The minimum atomic E-state index is 0.225. The lowest BCUT2D eigenvalue weighted by atomic mass is 10.3. The topological polar surface area (TPSA) is 50.4 Å². The Morgan fingerprint density at radius 1 is 1.80 bits per heavy atom. The normalized spacial score (nSPS) is 20.4. The van der Waals surface area contributed by atoms with E-state index in [1.807, 2.05) is 6.92 Å². The van der Waals surface area contributed by atoms with Crippen molar-refractivity contribution in [3.05, 3.63) is 0 Å². The van der Waals surface area contributed by atoms with E-state index >= 15 is 0 Å². The van der Waals surface area contributed by atoms with Crippen LogP contribution in [0.1, 0.15) is 19.8 Å². The molecule has 1 aliphatic rings.